The van der Waals surface area contributed by atoms with Crippen LogP contribution in [-0.2, 0) is 16.7 Å². The third-order valence-corrected chi connectivity index (χ3v) is 4.33. The van der Waals surface area contributed by atoms with Gasteiger partial charge in [0.25, 0.3) is 6.43 Å². The molecule has 3 rings (SSSR count). The monoisotopic (exact) mass is 448 g/mol. The van der Waals surface area contributed by atoms with E-state index in [9.17, 15) is 13.6 Å². The van der Waals surface area contributed by atoms with Crippen molar-refractivity contribution in [1.82, 2.24) is 0 Å². The summed E-state index contributed by atoms with van der Waals surface area (Å²) in [6, 6.07) is 7.94. The summed E-state index contributed by atoms with van der Waals surface area (Å²) in [4.78, 5) is 16.2. The number of amidine groups is 1. The number of carbonyl (C=O) groups is 1. The number of nitrogens with two attached hydrogens (primary N) is 1. The van der Waals surface area contributed by atoms with Crippen LogP contribution in [0.5, 0.6) is 0 Å². The minimum Gasteiger partial charge on any atom is -0.460 e. The topological polar surface area (TPSA) is 77.8 Å². The average Bonchev–Trinajstić information content (AvgIpc) is 3.01. The zero-order valence-corrected chi connectivity index (χ0v) is 15.9. The van der Waals surface area contributed by atoms with E-state index in [1.54, 1.807) is 18.2 Å². The van der Waals surface area contributed by atoms with Gasteiger partial charge in [-0.2, -0.15) is 0 Å². The Labute approximate surface area is 163 Å². The van der Waals surface area contributed by atoms with Crippen LogP contribution in [0.15, 0.2) is 50.5 Å². The predicted octanol–water partition coefficient (Wildman–Crippen LogP) is 3.74. The number of hydrogen-bond donors (Lipinski definition) is 1. The Morgan fingerprint density at radius 1 is 1.38 bits per heavy atom. The number of Topliss-reactive ketones (excluding diaryl/α,β-unsaturated/α-hetero) is 1. The standard InChI is InChI=1S/C17H15BrF2N2O3.ClH/c18-12-6-14(25-7-12)13(23)5-10-2-1-3-11(4-10)17(16(19)20)9-24-8-15(21)22-17;/h1-4,6-7,16H,5,8-9H2,(H2,21,22);1H. The van der Waals surface area contributed by atoms with Gasteiger partial charge in [0.05, 0.1) is 11.1 Å². The fraction of sp³-hybridized carbons (Fsp3) is 0.294. The van der Waals surface area contributed by atoms with Crippen molar-refractivity contribution >= 4 is 40.0 Å². The zero-order chi connectivity index (χ0) is 18.0. The van der Waals surface area contributed by atoms with Gasteiger partial charge in [0.2, 0.25) is 5.78 Å². The second kappa shape index (κ2) is 8.28. The molecule has 5 nitrogen and oxygen atoms in total. The van der Waals surface area contributed by atoms with Crippen molar-refractivity contribution in [3.8, 4) is 0 Å². The van der Waals surface area contributed by atoms with E-state index in [0.29, 0.717) is 10.0 Å². The number of ketones is 1. The Hall–Kier alpha value is -1.77. The van der Waals surface area contributed by atoms with Crippen molar-refractivity contribution in [2.45, 2.75) is 18.4 Å². The highest BCUT2D eigenvalue weighted by atomic mass is 79.9. The van der Waals surface area contributed by atoms with Crippen LogP contribution in [0.1, 0.15) is 21.7 Å². The van der Waals surface area contributed by atoms with E-state index in [1.165, 1.54) is 18.4 Å². The highest BCUT2D eigenvalue weighted by molar-refractivity contribution is 9.10. The molecule has 0 radical (unpaired) electrons. The van der Waals surface area contributed by atoms with E-state index >= 15 is 0 Å². The number of rotatable bonds is 5. The first kappa shape index (κ1) is 20.5. The minimum atomic E-state index is -2.79. The fourth-order valence-corrected chi connectivity index (χ4v) is 3.00. The number of ether oxygens (including phenoxy) is 1. The van der Waals surface area contributed by atoms with E-state index in [0.717, 1.165) is 0 Å². The summed E-state index contributed by atoms with van der Waals surface area (Å²) in [5.41, 5.74) is 4.59. The van der Waals surface area contributed by atoms with Crippen LogP contribution in [0.3, 0.4) is 0 Å². The Balaban J connectivity index is 0.00000243. The first-order valence-corrected chi connectivity index (χ1v) is 8.27. The first-order valence-electron chi connectivity index (χ1n) is 7.47. The Bertz CT molecular complexity index is 828. The highest BCUT2D eigenvalue weighted by Crippen LogP contribution is 2.35. The van der Waals surface area contributed by atoms with E-state index in [-0.39, 0.29) is 55.0 Å². The van der Waals surface area contributed by atoms with Crippen LogP contribution >= 0.6 is 28.3 Å². The quantitative estimate of drug-likeness (QED) is 0.706. The number of benzene rings is 1. The van der Waals surface area contributed by atoms with Gasteiger partial charge in [0.15, 0.2) is 11.3 Å². The van der Waals surface area contributed by atoms with Crippen molar-refractivity contribution in [2.24, 2.45) is 10.7 Å². The maximum atomic E-state index is 13.8. The summed E-state index contributed by atoms with van der Waals surface area (Å²) in [6.45, 7) is -0.242. The second-order valence-corrected chi connectivity index (χ2v) is 6.67. The van der Waals surface area contributed by atoms with Crippen molar-refractivity contribution in [3.63, 3.8) is 0 Å². The van der Waals surface area contributed by atoms with Gasteiger partial charge in [-0.15, -0.1) is 12.4 Å². The Kier molecular flexibility index (Phi) is 6.54. The molecular formula is C17H16BrClF2N2O3. The largest absolute Gasteiger partial charge is 0.460 e. The van der Waals surface area contributed by atoms with Gasteiger partial charge in [-0.05, 0) is 27.1 Å². The molecule has 0 amide bonds. The molecule has 0 aliphatic carbocycles. The molecule has 0 saturated heterocycles. The van der Waals surface area contributed by atoms with E-state index in [4.69, 9.17) is 14.9 Å². The predicted molar refractivity (Wildman–Crippen MR) is 98.3 cm³/mol. The smallest absolute Gasteiger partial charge is 0.269 e. The molecule has 1 aromatic carbocycles. The average molecular weight is 450 g/mol. The van der Waals surface area contributed by atoms with Gasteiger partial charge in [0.1, 0.15) is 18.7 Å². The third kappa shape index (κ3) is 4.13. The van der Waals surface area contributed by atoms with Crippen LogP contribution in [0, 0.1) is 0 Å². The molecule has 1 aromatic heterocycles. The number of aliphatic imine (C=N–C) groups is 1. The van der Waals surface area contributed by atoms with E-state index in [2.05, 4.69) is 20.9 Å². The summed E-state index contributed by atoms with van der Waals surface area (Å²) in [5, 5.41) is 0. The lowest BCUT2D eigenvalue weighted by Crippen LogP contribution is -2.44. The normalized spacial score (nSPS) is 19.8. The van der Waals surface area contributed by atoms with Gasteiger partial charge in [-0.1, -0.05) is 24.3 Å². The van der Waals surface area contributed by atoms with Gasteiger partial charge < -0.3 is 14.9 Å². The van der Waals surface area contributed by atoms with Crippen molar-refractivity contribution in [1.29, 1.82) is 0 Å². The van der Waals surface area contributed by atoms with Gasteiger partial charge in [-0.3, -0.25) is 9.79 Å². The molecule has 0 bridgehead atoms. The molecule has 2 aromatic rings. The SMILES string of the molecule is Cl.NC1=NC(c2cccc(CC(=O)c3cc(Br)co3)c2)(C(F)F)COC1. The number of nitrogens with zero attached hydrogens (tertiary/aromatic N) is 1. The second-order valence-electron chi connectivity index (χ2n) is 5.75. The molecule has 1 aliphatic rings. The van der Waals surface area contributed by atoms with Crippen LogP contribution in [0.25, 0.3) is 0 Å². The molecule has 0 saturated carbocycles. The van der Waals surface area contributed by atoms with Crippen LogP contribution < -0.4 is 5.73 Å². The minimum absolute atomic E-state index is 0. The number of alkyl halides is 2. The molecule has 0 spiro atoms. The molecule has 9 heteroatoms. The zero-order valence-electron chi connectivity index (χ0n) is 13.5. The maximum absolute atomic E-state index is 13.8. The van der Waals surface area contributed by atoms with Crippen molar-refractivity contribution in [2.75, 3.05) is 13.2 Å². The molecular weight excluding hydrogens is 434 g/mol. The number of halogens is 4. The molecule has 26 heavy (non-hydrogen) atoms. The van der Waals surface area contributed by atoms with Crippen molar-refractivity contribution in [3.05, 3.63) is 58.0 Å². The van der Waals surface area contributed by atoms with Crippen LogP contribution in [0.2, 0.25) is 0 Å². The third-order valence-electron chi connectivity index (χ3n) is 3.91. The highest BCUT2D eigenvalue weighted by Gasteiger charge is 2.44. The molecule has 2 N–H and O–H groups in total. The fourth-order valence-electron chi connectivity index (χ4n) is 2.70. The first-order chi connectivity index (χ1) is 11.9. The molecule has 140 valence electrons. The summed E-state index contributed by atoms with van der Waals surface area (Å²) in [7, 11) is 0. The molecule has 1 aliphatic heterocycles. The molecule has 1 atom stereocenters. The Morgan fingerprint density at radius 2 is 2.15 bits per heavy atom. The van der Waals surface area contributed by atoms with Crippen molar-refractivity contribution < 1.29 is 22.7 Å². The molecule has 1 unspecified atom stereocenters. The van der Waals surface area contributed by atoms with E-state index in [1.807, 2.05) is 0 Å². The lowest BCUT2D eigenvalue weighted by molar-refractivity contribution is -0.0129. The van der Waals surface area contributed by atoms with E-state index < -0.39 is 12.0 Å². The summed E-state index contributed by atoms with van der Waals surface area (Å²) < 4.78 is 38.5. The van der Waals surface area contributed by atoms with Gasteiger partial charge in [-0.25, -0.2) is 8.78 Å². The summed E-state index contributed by atoms with van der Waals surface area (Å²) >= 11 is 3.21. The number of carbonyl (C=O) groups excluding carboxylic acids is 1. The lowest BCUT2D eigenvalue weighted by Gasteiger charge is -2.33. The maximum Gasteiger partial charge on any atom is 0.269 e. The van der Waals surface area contributed by atoms with Gasteiger partial charge in [0, 0.05) is 12.5 Å². The lowest BCUT2D eigenvalue weighted by atomic mass is 9.89. The van der Waals surface area contributed by atoms with Crippen LogP contribution in [-0.4, -0.2) is 31.3 Å². The molecule has 2 heterocycles. The summed E-state index contributed by atoms with van der Waals surface area (Å²) in [5.74, 6) is -0.0329. The Morgan fingerprint density at radius 3 is 2.77 bits per heavy atom. The number of hydrogen-bond acceptors (Lipinski definition) is 5. The van der Waals surface area contributed by atoms with Gasteiger partial charge >= 0.3 is 0 Å². The molecule has 0 fully saturated rings. The van der Waals surface area contributed by atoms with Crippen LogP contribution in [0.4, 0.5) is 8.78 Å². The summed E-state index contributed by atoms with van der Waals surface area (Å²) in [6.07, 6.45) is -1.36. The number of furan rings is 1.